The molecule has 1 N–H and O–H groups in total. The Labute approximate surface area is 185 Å². The lowest BCUT2D eigenvalue weighted by Crippen LogP contribution is -2.49. The number of nitrogens with one attached hydrogen (secondary N) is 1. The van der Waals surface area contributed by atoms with E-state index >= 15 is 0 Å². The number of hydrogen-bond acceptors (Lipinski definition) is 6. The third-order valence-electron chi connectivity index (χ3n) is 5.82. The summed E-state index contributed by atoms with van der Waals surface area (Å²) < 4.78 is 5.18. The number of nitrogens with zero attached hydrogens (tertiary/aromatic N) is 5. The molecule has 1 amide bonds. The van der Waals surface area contributed by atoms with Crippen molar-refractivity contribution in [1.29, 1.82) is 0 Å². The summed E-state index contributed by atoms with van der Waals surface area (Å²) in [7, 11) is 1.64. The number of aromatic amines is 1. The van der Waals surface area contributed by atoms with Crippen molar-refractivity contribution >= 4 is 22.8 Å². The summed E-state index contributed by atoms with van der Waals surface area (Å²) in [6, 6.07) is 13.7. The number of carbonyl (C=O) groups is 1. The third kappa shape index (κ3) is 3.99. The van der Waals surface area contributed by atoms with Crippen molar-refractivity contribution in [3.05, 3.63) is 66.7 Å². The Bertz CT molecular complexity index is 1210. The van der Waals surface area contributed by atoms with E-state index in [1.807, 2.05) is 47.5 Å². The van der Waals surface area contributed by atoms with Crippen molar-refractivity contribution in [3.63, 3.8) is 0 Å². The van der Waals surface area contributed by atoms with Crippen LogP contribution in [0.15, 0.2) is 61.2 Å². The van der Waals surface area contributed by atoms with Crippen LogP contribution in [0.3, 0.4) is 0 Å². The van der Waals surface area contributed by atoms with Gasteiger partial charge in [-0.2, -0.15) is 0 Å². The van der Waals surface area contributed by atoms with Crippen molar-refractivity contribution in [1.82, 2.24) is 24.8 Å². The summed E-state index contributed by atoms with van der Waals surface area (Å²) in [6.45, 7) is 2.79. The zero-order valence-corrected chi connectivity index (χ0v) is 17.9. The normalized spacial score (nSPS) is 14.0. The van der Waals surface area contributed by atoms with Crippen molar-refractivity contribution in [2.45, 2.75) is 6.42 Å². The molecule has 0 saturated carbocycles. The van der Waals surface area contributed by atoms with Crippen LogP contribution < -0.4 is 9.64 Å². The van der Waals surface area contributed by atoms with Gasteiger partial charge >= 0.3 is 0 Å². The van der Waals surface area contributed by atoms with Gasteiger partial charge in [0.25, 0.3) is 0 Å². The van der Waals surface area contributed by atoms with Gasteiger partial charge in [-0.05, 0) is 35.9 Å². The lowest BCUT2D eigenvalue weighted by atomic mass is 10.1. The minimum atomic E-state index is 0.142. The summed E-state index contributed by atoms with van der Waals surface area (Å²) in [5.74, 6) is 1.83. The molecular formula is C24H24N6O2. The lowest BCUT2D eigenvalue weighted by molar-refractivity contribution is -0.130. The maximum Gasteiger partial charge on any atom is 0.227 e. The van der Waals surface area contributed by atoms with Gasteiger partial charge in [0.15, 0.2) is 0 Å². The molecule has 4 aromatic rings. The molecule has 0 spiro atoms. The quantitative estimate of drug-likeness (QED) is 0.526. The zero-order valence-electron chi connectivity index (χ0n) is 17.9. The van der Waals surface area contributed by atoms with Crippen molar-refractivity contribution in [2.75, 3.05) is 38.2 Å². The Kier molecular flexibility index (Phi) is 5.41. The molecular weight excluding hydrogens is 404 g/mol. The molecule has 0 bridgehead atoms. The van der Waals surface area contributed by atoms with Gasteiger partial charge in [-0.3, -0.25) is 9.78 Å². The van der Waals surface area contributed by atoms with E-state index in [0.717, 1.165) is 52.5 Å². The fourth-order valence-electron chi connectivity index (χ4n) is 4.05. The number of amides is 1. The summed E-state index contributed by atoms with van der Waals surface area (Å²) in [4.78, 5) is 33.4. The minimum Gasteiger partial charge on any atom is -0.497 e. The molecule has 8 nitrogen and oxygen atoms in total. The molecule has 5 rings (SSSR count). The van der Waals surface area contributed by atoms with Crippen LogP contribution in [-0.2, 0) is 11.2 Å². The molecule has 1 fully saturated rings. The number of carbonyl (C=O) groups excluding carboxylic acids is 1. The molecule has 1 aliphatic rings. The van der Waals surface area contributed by atoms with Crippen molar-refractivity contribution in [3.8, 4) is 17.0 Å². The van der Waals surface area contributed by atoms with Crippen LogP contribution in [0.5, 0.6) is 5.75 Å². The van der Waals surface area contributed by atoms with Crippen LogP contribution in [0.2, 0.25) is 0 Å². The molecule has 1 saturated heterocycles. The van der Waals surface area contributed by atoms with E-state index in [9.17, 15) is 4.79 Å². The summed E-state index contributed by atoms with van der Waals surface area (Å²) in [5, 5.41) is 0.976. The van der Waals surface area contributed by atoms with E-state index < -0.39 is 0 Å². The highest BCUT2D eigenvalue weighted by Gasteiger charge is 2.24. The Balaban J connectivity index is 1.27. The topological polar surface area (TPSA) is 87.2 Å². The fourth-order valence-corrected chi connectivity index (χ4v) is 4.05. The van der Waals surface area contributed by atoms with Crippen LogP contribution in [-0.4, -0.2) is 64.0 Å². The lowest BCUT2D eigenvalue weighted by Gasteiger charge is -2.35. The molecule has 162 valence electrons. The number of benzene rings is 1. The number of fused-ring (bicyclic) bond motifs is 1. The fraction of sp³-hybridized carbons (Fsp3) is 0.250. The van der Waals surface area contributed by atoms with E-state index in [2.05, 4.69) is 30.9 Å². The number of rotatable bonds is 5. The van der Waals surface area contributed by atoms with E-state index in [1.165, 1.54) is 0 Å². The van der Waals surface area contributed by atoms with Crippen LogP contribution in [0, 0.1) is 0 Å². The largest absolute Gasteiger partial charge is 0.497 e. The highest BCUT2D eigenvalue weighted by molar-refractivity contribution is 5.92. The van der Waals surface area contributed by atoms with E-state index in [4.69, 9.17) is 4.74 Å². The highest BCUT2D eigenvalue weighted by atomic mass is 16.5. The minimum absolute atomic E-state index is 0.142. The number of H-pyrrole nitrogens is 1. The average Bonchev–Trinajstić information content (AvgIpc) is 3.30. The van der Waals surface area contributed by atoms with Gasteiger partial charge < -0.3 is 19.5 Å². The van der Waals surface area contributed by atoms with Gasteiger partial charge in [0.1, 0.15) is 23.5 Å². The Morgan fingerprint density at radius 1 is 1.09 bits per heavy atom. The average molecular weight is 428 g/mol. The number of ether oxygens (including phenoxy) is 1. The summed E-state index contributed by atoms with van der Waals surface area (Å²) in [5.41, 5.74) is 3.76. The first-order valence-electron chi connectivity index (χ1n) is 10.6. The monoisotopic (exact) mass is 428 g/mol. The smallest absolute Gasteiger partial charge is 0.227 e. The molecule has 0 aliphatic carbocycles. The Morgan fingerprint density at radius 2 is 1.91 bits per heavy atom. The molecule has 32 heavy (non-hydrogen) atoms. The first-order valence-corrected chi connectivity index (χ1v) is 10.6. The molecule has 0 unspecified atom stereocenters. The van der Waals surface area contributed by atoms with Crippen molar-refractivity contribution in [2.24, 2.45) is 0 Å². The number of anilines is 1. The maximum atomic E-state index is 12.8. The number of hydrogen-bond donors (Lipinski definition) is 1. The van der Waals surface area contributed by atoms with Crippen LogP contribution in [0.4, 0.5) is 5.82 Å². The maximum absolute atomic E-state index is 12.8. The molecule has 1 aromatic carbocycles. The second kappa shape index (κ2) is 8.66. The van der Waals surface area contributed by atoms with Gasteiger partial charge in [0.05, 0.1) is 18.9 Å². The van der Waals surface area contributed by atoms with Crippen LogP contribution in [0.1, 0.15) is 5.56 Å². The molecule has 1 aliphatic heterocycles. The first kappa shape index (κ1) is 20.0. The SMILES string of the molecule is COc1ccc(CC(=O)N2CCN(c3ncnc4[nH]c(-c5cccnc5)cc34)CC2)cc1. The second-order valence-corrected chi connectivity index (χ2v) is 7.78. The Hall–Kier alpha value is -3.94. The molecule has 8 heteroatoms. The van der Waals surface area contributed by atoms with E-state index in [1.54, 1.807) is 19.6 Å². The van der Waals surface area contributed by atoms with Gasteiger partial charge in [-0.15, -0.1) is 0 Å². The zero-order chi connectivity index (χ0) is 21.9. The summed E-state index contributed by atoms with van der Waals surface area (Å²) >= 11 is 0. The molecule has 0 atom stereocenters. The van der Waals surface area contributed by atoms with Gasteiger partial charge in [-0.1, -0.05) is 12.1 Å². The predicted octanol–water partition coefficient (Wildman–Crippen LogP) is 2.92. The number of methoxy groups -OCH3 is 1. The molecule has 4 heterocycles. The Morgan fingerprint density at radius 3 is 2.62 bits per heavy atom. The van der Waals surface area contributed by atoms with Gasteiger partial charge in [0, 0.05) is 49.8 Å². The van der Waals surface area contributed by atoms with Crippen LogP contribution in [0.25, 0.3) is 22.3 Å². The van der Waals surface area contributed by atoms with E-state index in [-0.39, 0.29) is 5.91 Å². The van der Waals surface area contributed by atoms with Crippen LogP contribution >= 0.6 is 0 Å². The molecule has 3 aromatic heterocycles. The highest BCUT2D eigenvalue weighted by Crippen LogP contribution is 2.29. The number of aromatic nitrogens is 4. The first-order chi connectivity index (χ1) is 15.7. The summed E-state index contributed by atoms with van der Waals surface area (Å²) in [6.07, 6.45) is 5.56. The third-order valence-corrected chi connectivity index (χ3v) is 5.82. The number of pyridine rings is 1. The van der Waals surface area contributed by atoms with E-state index in [0.29, 0.717) is 19.5 Å². The predicted molar refractivity (Wildman–Crippen MR) is 123 cm³/mol. The second-order valence-electron chi connectivity index (χ2n) is 7.78. The van der Waals surface area contributed by atoms with Gasteiger partial charge in [0.2, 0.25) is 5.91 Å². The number of piperazine rings is 1. The molecule has 0 radical (unpaired) electrons. The van der Waals surface area contributed by atoms with Crippen molar-refractivity contribution < 1.29 is 9.53 Å². The standard InChI is InChI=1S/C24H24N6O2/c1-32-19-6-4-17(5-7-19)13-22(31)29-9-11-30(12-10-29)24-20-14-21(18-3-2-8-25-15-18)28-23(20)26-16-27-24/h2-8,14-16H,9-13H2,1H3,(H,26,27,28). The van der Waals surface area contributed by atoms with Gasteiger partial charge in [-0.25, -0.2) is 9.97 Å².